The van der Waals surface area contributed by atoms with E-state index in [1.165, 1.54) is 25.7 Å². The minimum atomic E-state index is 0.521. The Balaban J connectivity index is 1.95. The fourth-order valence-corrected chi connectivity index (χ4v) is 3.79. The zero-order chi connectivity index (χ0) is 7.42. The van der Waals surface area contributed by atoms with Crippen molar-refractivity contribution in [3.05, 3.63) is 0 Å². The van der Waals surface area contributed by atoms with Gasteiger partial charge in [-0.25, -0.2) is 0 Å². The van der Waals surface area contributed by atoms with Crippen LogP contribution in [0, 0.1) is 23.7 Å². The number of hydrogen-bond donors (Lipinski definition) is 0. The lowest BCUT2D eigenvalue weighted by atomic mass is 9.81. The molecule has 0 aromatic heterocycles. The van der Waals surface area contributed by atoms with Gasteiger partial charge in [-0.05, 0) is 37.0 Å². The minimum absolute atomic E-state index is 0.521. The summed E-state index contributed by atoms with van der Waals surface area (Å²) in [5.41, 5.74) is 0. The molecule has 0 aromatic carbocycles. The summed E-state index contributed by atoms with van der Waals surface area (Å²) >= 11 is 0. The van der Waals surface area contributed by atoms with Crippen molar-refractivity contribution in [2.45, 2.75) is 32.1 Å². The van der Waals surface area contributed by atoms with Crippen LogP contribution in [0.4, 0.5) is 0 Å². The monoisotopic (exact) mass is 150 g/mol. The number of carbonyl (C=O) groups is 1. The molecule has 0 aromatic rings. The van der Waals surface area contributed by atoms with Gasteiger partial charge in [0.1, 0.15) is 5.78 Å². The van der Waals surface area contributed by atoms with Crippen LogP contribution >= 0.6 is 0 Å². The molecule has 11 heavy (non-hydrogen) atoms. The van der Waals surface area contributed by atoms with Gasteiger partial charge < -0.3 is 0 Å². The maximum absolute atomic E-state index is 11.4. The summed E-state index contributed by atoms with van der Waals surface area (Å²) < 4.78 is 0. The average Bonchev–Trinajstić information content (AvgIpc) is 2.52. The number of fused-ring (bicyclic) bond motifs is 5. The molecule has 0 aliphatic heterocycles. The molecule has 1 nitrogen and oxygen atoms in total. The van der Waals surface area contributed by atoms with E-state index in [0.717, 1.165) is 24.2 Å². The molecule has 0 unspecified atom stereocenters. The molecule has 0 spiro atoms. The number of Topliss-reactive ketones (excluding diaryl/α,β-unsaturated/α-hetero) is 1. The molecule has 4 atom stereocenters. The zero-order valence-electron chi connectivity index (χ0n) is 6.75. The predicted molar refractivity (Wildman–Crippen MR) is 42.1 cm³/mol. The second-order valence-electron chi connectivity index (χ2n) is 4.53. The Morgan fingerprint density at radius 2 is 2.00 bits per heavy atom. The molecule has 3 saturated carbocycles. The fourth-order valence-electron chi connectivity index (χ4n) is 3.79. The summed E-state index contributed by atoms with van der Waals surface area (Å²) in [7, 11) is 0. The Hall–Kier alpha value is -0.330. The molecule has 3 aliphatic carbocycles. The van der Waals surface area contributed by atoms with Gasteiger partial charge in [0, 0.05) is 12.3 Å². The average molecular weight is 150 g/mol. The van der Waals surface area contributed by atoms with Crippen LogP contribution in [-0.4, -0.2) is 5.78 Å². The molecule has 0 N–H and O–H groups in total. The first-order chi connectivity index (χ1) is 5.36. The lowest BCUT2D eigenvalue weighted by Gasteiger charge is -2.22. The van der Waals surface area contributed by atoms with Crippen molar-refractivity contribution in [1.82, 2.24) is 0 Å². The van der Waals surface area contributed by atoms with Crippen LogP contribution in [0.25, 0.3) is 0 Å². The number of rotatable bonds is 0. The van der Waals surface area contributed by atoms with Gasteiger partial charge in [0.25, 0.3) is 0 Å². The molecule has 3 aliphatic rings. The van der Waals surface area contributed by atoms with Gasteiger partial charge in [-0.1, -0.05) is 6.42 Å². The summed E-state index contributed by atoms with van der Waals surface area (Å²) in [5.74, 6) is 3.74. The molecular weight excluding hydrogens is 136 g/mol. The number of ketones is 1. The van der Waals surface area contributed by atoms with Crippen LogP contribution < -0.4 is 0 Å². The maximum atomic E-state index is 11.4. The van der Waals surface area contributed by atoms with Gasteiger partial charge >= 0.3 is 0 Å². The van der Waals surface area contributed by atoms with E-state index in [0.29, 0.717) is 11.7 Å². The molecule has 2 bridgehead atoms. The first-order valence-electron chi connectivity index (χ1n) is 4.89. The normalized spacial score (nSPS) is 53.6. The van der Waals surface area contributed by atoms with Crippen LogP contribution in [0.15, 0.2) is 0 Å². The minimum Gasteiger partial charge on any atom is -0.299 e. The summed E-state index contributed by atoms with van der Waals surface area (Å²) in [6.07, 6.45) is 6.38. The van der Waals surface area contributed by atoms with Crippen LogP contribution in [0.3, 0.4) is 0 Å². The Morgan fingerprint density at radius 1 is 1.18 bits per heavy atom. The van der Waals surface area contributed by atoms with Crippen molar-refractivity contribution in [1.29, 1.82) is 0 Å². The van der Waals surface area contributed by atoms with Crippen LogP contribution in [-0.2, 0) is 4.79 Å². The van der Waals surface area contributed by atoms with Crippen molar-refractivity contribution >= 4 is 5.78 Å². The summed E-state index contributed by atoms with van der Waals surface area (Å²) in [6.45, 7) is 0. The Bertz CT molecular complexity index is 209. The fraction of sp³-hybridized carbons (Fsp3) is 0.900. The molecule has 0 radical (unpaired) electrons. The third kappa shape index (κ3) is 0.646. The van der Waals surface area contributed by atoms with Crippen molar-refractivity contribution in [2.75, 3.05) is 0 Å². The maximum Gasteiger partial charge on any atom is 0.136 e. The van der Waals surface area contributed by atoms with E-state index < -0.39 is 0 Å². The van der Waals surface area contributed by atoms with E-state index in [2.05, 4.69) is 0 Å². The van der Waals surface area contributed by atoms with Gasteiger partial charge in [0.15, 0.2) is 0 Å². The quantitative estimate of drug-likeness (QED) is 0.516. The van der Waals surface area contributed by atoms with Gasteiger partial charge in [-0.2, -0.15) is 0 Å². The second-order valence-corrected chi connectivity index (χ2v) is 4.53. The summed E-state index contributed by atoms with van der Waals surface area (Å²) in [4.78, 5) is 11.4. The lowest BCUT2D eigenvalue weighted by molar-refractivity contribution is -0.123. The Labute approximate surface area is 67.2 Å². The predicted octanol–water partition coefficient (Wildman–Crippen LogP) is 2.01. The summed E-state index contributed by atoms with van der Waals surface area (Å²) in [6, 6.07) is 0. The first kappa shape index (κ1) is 6.22. The molecule has 3 rings (SSSR count). The van der Waals surface area contributed by atoms with Crippen molar-refractivity contribution in [3.8, 4) is 0 Å². The van der Waals surface area contributed by atoms with Crippen LogP contribution in [0.1, 0.15) is 32.1 Å². The highest BCUT2D eigenvalue weighted by Gasteiger charge is 2.53. The van der Waals surface area contributed by atoms with E-state index in [9.17, 15) is 4.79 Å². The highest BCUT2D eigenvalue weighted by Crippen LogP contribution is 2.57. The molecule has 3 fully saturated rings. The van der Waals surface area contributed by atoms with E-state index in [1.54, 1.807) is 0 Å². The number of hydrogen-bond acceptors (Lipinski definition) is 1. The van der Waals surface area contributed by atoms with Gasteiger partial charge in [0.2, 0.25) is 0 Å². The van der Waals surface area contributed by atoms with Crippen molar-refractivity contribution in [2.24, 2.45) is 23.7 Å². The van der Waals surface area contributed by atoms with E-state index >= 15 is 0 Å². The molecule has 0 heterocycles. The van der Waals surface area contributed by atoms with Gasteiger partial charge in [0.05, 0.1) is 0 Å². The third-order valence-electron chi connectivity index (χ3n) is 4.18. The SMILES string of the molecule is O=C1C[C@H]2C[C@@H]1[C@H]1CCC[C@H]21. The van der Waals surface area contributed by atoms with Crippen LogP contribution in [0.2, 0.25) is 0 Å². The third-order valence-corrected chi connectivity index (χ3v) is 4.18. The molecule has 60 valence electrons. The molecule has 0 amide bonds. The van der Waals surface area contributed by atoms with Crippen molar-refractivity contribution in [3.63, 3.8) is 0 Å². The Kier molecular flexibility index (Phi) is 1.06. The van der Waals surface area contributed by atoms with E-state index in [-0.39, 0.29) is 0 Å². The molecular formula is C10H14O. The lowest BCUT2D eigenvalue weighted by Crippen LogP contribution is -2.23. The summed E-state index contributed by atoms with van der Waals surface area (Å²) in [5, 5.41) is 0. The standard InChI is InChI=1S/C10H14O/c11-10-5-6-4-9(10)8-3-1-2-7(6)8/h6-9H,1-5H2/t6-,7-,8+,9-/m1/s1. The van der Waals surface area contributed by atoms with Crippen molar-refractivity contribution < 1.29 is 4.79 Å². The topological polar surface area (TPSA) is 17.1 Å². The van der Waals surface area contributed by atoms with Crippen LogP contribution in [0.5, 0.6) is 0 Å². The highest BCUT2D eigenvalue weighted by atomic mass is 16.1. The Morgan fingerprint density at radius 3 is 2.91 bits per heavy atom. The largest absolute Gasteiger partial charge is 0.299 e. The van der Waals surface area contributed by atoms with E-state index in [4.69, 9.17) is 0 Å². The van der Waals surface area contributed by atoms with E-state index in [1.807, 2.05) is 0 Å². The second kappa shape index (κ2) is 1.88. The highest BCUT2D eigenvalue weighted by molar-refractivity contribution is 5.85. The first-order valence-corrected chi connectivity index (χ1v) is 4.89. The molecule has 0 saturated heterocycles. The zero-order valence-corrected chi connectivity index (χ0v) is 6.75. The smallest absolute Gasteiger partial charge is 0.136 e. The number of carbonyl (C=O) groups excluding carboxylic acids is 1. The van der Waals surface area contributed by atoms with Gasteiger partial charge in [-0.3, -0.25) is 4.79 Å². The molecule has 1 heteroatoms. The van der Waals surface area contributed by atoms with Gasteiger partial charge in [-0.15, -0.1) is 0 Å².